The molecule has 3 N–H and O–H groups in total. The highest BCUT2D eigenvalue weighted by Gasteiger charge is 2.34. The molecule has 11 nitrogen and oxygen atoms in total. The third kappa shape index (κ3) is 8.31. The fraction of sp³-hybridized carbons (Fsp3) is 0.412. The summed E-state index contributed by atoms with van der Waals surface area (Å²) in [5, 5.41) is 14.7. The number of methoxy groups -OCH3 is 2. The van der Waals surface area contributed by atoms with Crippen molar-refractivity contribution in [3.05, 3.63) is 88.5 Å². The van der Waals surface area contributed by atoms with E-state index >= 15 is 0 Å². The number of ether oxygens (including phenoxy) is 5. The van der Waals surface area contributed by atoms with Gasteiger partial charge in [-0.3, -0.25) is 9.69 Å². The number of amides is 2. The van der Waals surface area contributed by atoms with Crippen LogP contribution in [-0.2, 0) is 38.6 Å². The Morgan fingerprint density at radius 3 is 2.31 bits per heavy atom. The fourth-order valence-electron chi connectivity index (χ4n) is 5.68. The van der Waals surface area contributed by atoms with E-state index in [2.05, 4.69) is 27.7 Å². The van der Waals surface area contributed by atoms with E-state index in [0.29, 0.717) is 12.1 Å². The molecule has 1 saturated heterocycles. The van der Waals surface area contributed by atoms with Crippen LogP contribution in [0.2, 0.25) is 0 Å². The highest BCUT2D eigenvalue weighted by molar-refractivity contribution is 5.91. The summed E-state index contributed by atoms with van der Waals surface area (Å²) in [6, 6.07) is 18.7. The number of hydrogen-bond acceptors (Lipinski definition) is 9. The Kier molecular flexibility index (Phi) is 10.9. The maximum atomic E-state index is 12.2. The Labute approximate surface area is 263 Å². The zero-order valence-corrected chi connectivity index (χ0v) is 25.9. The van der Waals surface area contributed by atoms with E-state index in [1.54, 1.807) is 33.3 Å². The highest BCUT2D eigenvalue weighted by Crippen LogP contribution is 2.39. The molecule has 0 radical (unpaired) electrons. The molecule has 3 unspecified atom stereocenters. The third-order valence-electron chi connectivity index (χ3n) is 8.01. The number of aliphatic hydroxyl groups is 1. The third-order valence-corrected chi connectivity index (χ3v) is 8.01. The van der Waals surface area contributed by atoms with Crippen molar-refractivity contribution in [1.29, 1.82) is 0 Å². The van der Waals surface area contributed by atoms with Crippen LogP contribution in [-0.4, -0.2) is 68.6 Å². The van der Waals surface area contributed by atoms with Crippen LogP contribution < -0.4 is 20.1 Å². The van der Waals surface area contributed by atoms with Crippen molar-refractivity contribution >= 4 is 17.7 Å². The lowest BCUT2D eigenvalue weighted by Gasteiger charge is -2.39. The molecule has 0 aliphatic carbocycles. The predicted molar refractivity (Wildman–Crippen MR) is 167 cm³/mol. The maximum Gasteiger partial charge on any atom is 0.325 e. The number of carbonyl (C=O) groups excluding carboxylic acids is 2. The van der Waals surface area contributed by atoms with Gasteiger partial charge >= 0.3 is 12.0 Å². The van der Waals surface area contributed by atoms with Gasteiger partial charge in [-0.2, -0.15) is 0 Å². The SMILES string of the molecule is CCOC(=O)CNC(=O)Nc1ccc(C2OC(CN3CCc4cc(OC)c(OC)cc4C3)CC(c3ccc(CO)cc3)O2)cc1. The molecule has 2 heterocycles. The molecular formula is C34H41N3O8. The van der Waals surface area contributed by atoms with E-state index < -0.39 is 18.3 Å². The summed E-state index contributed by atoms with van der Waals surface area (Å²) in [5.41, 5.74) is 5.71. The van der Waals surface area contributed by atoms with Gasteiger partial charge in [0.1, 0.15) is 6.54 Å². The Morgan fingerprint density at radius 2 is 1.64 bits per heavy atom. The van der Waals surface area contributed by atoms with E-state index in [1.807, 2.05) is 36.4 Å². The van der Waals surface area contributed by atoms with Gasteiger partial charge in [-0.1, -0.05) is 36.4 Å². The number of urea groups is 1. The van der Waals surface area contributed by atoms with E-state index in [0.717, 1.165) is 54.2 Å². The molecule has 3 aromatic carbocycles. The van der Waals surface area contributed by atoms with Crippen LogP contribution in [0.15, 0.2) is 60.7 Å². The molecule has 240 valence electrons. The van der Waals surface area contributed by atoms with Crippen LogP contribution in [0.5, 0.6) is 11.5 Å². The largest absolute Gasteiger partial charge is 0.493 e. The number of carbonyl (C=O) groups is 2. The molecule has 3 atom stereocenters. The van der Waals surface area contributed by atoms with Crippen molar-refractivity contribution in [1.82, 2.24) is 10.2 Å². The number of anilines is 1. The average Bonchev–Trinajstić information content (AvgIpc) is 3.07. The van der Waals surface area contributed by atoms with Gasteiger partial charge in [0.05, 0.1) is 39.6 Å². The van der Waals surface area contributed by atoms with Crippen molar-refractivity contribution in [2.24, 2.45) is 0 Å². The molecule has 3 aromatic rings. The van der Waals surface area contributed by atoms with Crippen molar-refractivity contribution in [3.63, 3.8) is 0 Å². The lowest BCUT2D eigenvalue weighted by molar-refractivity contribution is -0.253. The average molecular weight is 620 g/mol. The summed E-state index contributed by atoms with van der Waals surface area (Å²) in [6.07, 6.45) is 0.619. The number of fused-ring (bicyclic) bond motifs is 1. The van der Waals surface area contributed by atoms with Gasteiger partial charge in [0, 0.05) is 37.3 Å². The molecule has 2 aliphatic heterocycles. The first-order valence-corrected chi connectivity index (χ1v) is 15.2. The van der Waals surface area contributed by atoms with E-state index in [1.165, 1.54) is 11.1 Å². The molecule has 5 rings (SSSR count). The second-order valence-corrected chi connectivity index (χ2v) is 11.0. The normalized spacial score (nSPS) is 19.7. The van der Waals surface area contributed by atoms with Crippen molar-refractivity contribution in [3.8, 4) is 11.5 Å². The Morgan fingerprint density at radius 1 is 0.956 bits per heavy atom. The fourth-order valence-corrected chi connectivity index (χ4v) is 5.68. The summed E-state index contributed by atoms with van der Waals surface area (Å²) >= 11 is 0. The minimum atomic E-state index is -0.626. The van der Waals surface area contributed by atoms with Gasteiger partial charge in [0.2, 0.25) is 0 Å². The lowest BCUT2D eigenvalue weighted by atomic mass is 9.97. The monoisotopic (exact) mass is 619 g/mol. The summed E-state index contributed by atoms with van der Waals surface area (Å²) < 4.78 is 28.9. The Balaban J connectivity index is 1.28. The molecule has 2 amide bonds. The standard InChI is InChI=1S/C34H41N3O8/c1-4-43-32(39)18-35-34(40)36-27-11-9-24(10-12-27)33-44-28(17-29(45-33)23-7-5-22(21-38)6-8-23)20-37-14-13-25-15-30(41-2)31(42-3)16-26(25)19-37/h5-12,15-16,28-29,33,38H,4,13-14,17-21H2,1-3H3,(H2,35,36,40). The van der Waals surface area contributed by atoms with Gasteiger partial charge < -0.3 is 39.4 Å². The molecule has 2 aliphatic rings. The van der Waals surface area contributed by atoms with Crippen LogP contribution in [0.1, 0.15) is 53.6 Å². The summed E-state index contributed by atoms with van der Waals surface area (Å²) in [5.74, 6) is 0.966. The minimum absolute atomic E-state index is 0.0194. The van der Waals surface area contributed by atoms with Gasteiger partial charge in [0.15, 0.2) is 17.8 Å². The van der Waals surface area contributed by atoms with Crippen LogP contribution in [0, 0.1) is 0 Å². The number of nitrogens with one attached hydrogen (secondary N) is 2. The first kappa shape index (κ1) is 32.2. The van der Waals surface area contributed by atoms with Crippen LogP contribution in [0.4, 0.5) is 10.5 Å². The Bertz CT molecular complexity index is 1450. The van der Waals surface area contributed by atoms with Gasteiger partial charge in [-0.25, -0.2) is 4.79 Å². The minimum Gasteiger partial charge on any atom is -0.493 e. The Hall–Kier alpha value is -4.16. The topological polar surface area (TPSA) is 128 Å². The smallest absolute Gasteiger partial charge is 0.325 e. The number of aliphatic hydroxyl groups excluding tert-OH is 1. The van der Waals surface area contributed by atoms with E-state index in [4.69, 9.17) is 23.7 Å². The van der Waals surface area contributed by atoms with Gasteiger partial charge in [-0.05, 0) is 59.9 Å². The van der Waals surface area contributed by atoms with Gasteiger partial charge in [-0.15, -0.1) is 0 Å². The first-order valence-electron chi connectivity index (χ1n) is 15.2. The van der Waals surface area contributed by atoms with Crippen molar-refractivity contribution in [2.45, 2.75) is 51.4 Å². The van der Waals surface area contributed by atoms with Crippen LogP contribution in [0.25, 0.3) is 0 Å². The molecule has 11 heteroatoms. The number of esters is 1. The number of rotatable bonds is 11. The van der Waals surface area contributed by atoms with Gasteiger partial charge in [0.25, 0.3) is 0 Å². The quantitative estimate of drug-likeness (QED) is 0.266. The van der Waals surface area contributed by atoms with Crippen molar-refractivity contribution in [2.75, 3.05) is 45.8 Å². The highest BCUT2D eigenvalue weighted by atomic mass is 16.7. The number of benzene rings is 3. The second-order valence-electron chi connectivity index (χ2n) is 11.0. The molecule has 0 spiro atoms. The molecule has 0 bridgehead atoms. The zero-order valence-electron chi connectivity index (χ0n) is 25.9. The zero-order chi connectivity index (χ0) is 31.8. The molecule has 0 aromatic heterocycles. The summed E-state index contributed by atoms with van der Waals surface area (Å²) in [4.78, 5) is 26.1. The predicted octanol–water partition coefficient (Wildman–Crippen LogP) is 4.48. The number of nitrogens with zero attached hydrogens (tertiary/aromatic N) is 1. The maximum absolute atomic E-state index is 12.2. The lowest BCUT2D eigenvalue weighted by Crippen LogP contribution is -2.41. The van der Waals surface area contributed by atoms with Crippen molar-refractivity contribution < 1.29 is 38.4 Å². The summed E-state index contributed by atoms with van der Waals surface area (Å²) in [7, 11) is 3.30. The van der Waals surface area contributed by atoms with E-state index in [-0.39, 0.29) is 32.0 Å². The number of hydrogen-bond donors (Lipinski definition) is 3. The van der Waals surface area contributed by atoms with E-state index in [9.17, 15) is 14.7 Å². The molecule has 45 heavy (non-hydrogen) atoms. The molecular weight excluding hydrogens is 578 g/mol. The second kappa shape index (κ2) is 15.2. The van der Waals surface area contributed by atoms with Crippen LogP contribution >= 0.6 is 0 Å². The molecule has 1 fully saturated rings. The van der Waals surface area contributed by atoms with Crippen LogP contribution in [0.3, 0.4) is 0 Å². The first-order chi connectivity index (χ1) is 21.9. The molecule has 0 saturated carbocycles. The summed E-state index contributed by atoms with van der Waals surface area (Å²) in [6.45, 7) is 4.11.